The van der Waals surface area contributed by atoms with E-state index in [0.717, 1.165) is 13.1 Å². The minimum Gasteiger partial charge on any atom is -0.384 e. The molecule has 1 saturated heterocycles. The van der Waals surface area contributed by atoms with Gasteiger partial charge < -0.3 is 21.1 Å². The molecule has 1 aliphatic heterocycles. The Morgan fingerprint density at radius 1 is 1.33 bits per heavy atom. The molecular formula is C15H21N3O3. The predicted molar refractivity (Wildman–Crippen MR) is 80.0 cm³/mol. The van der Waals surface area contributed by atoms with Crippen molar-refractivity contribution in [2.45, 2.75) is 12.8 Å². The van der Waals surface area contributed by atoms with E-state index in [1.165, 1.54) is 0 Å². The number of hydrogen-bond donors (Lipinski definition) is 3. The van der Waals surface area contributed by atoms with Crippen LogP contribution in [0.1, 0.15) is 23.2 Å². The molecule has 6 nitrogen and oxygen atoms in total. The maximum absolute atomic E-state index is 12.7. The lowest BCUT2D eigenvalue weighted by Crippen LogP contribution is -2.47. The molecule has 1 aromatic rings. The summed E-state index contributed by atoms with van der Waals surface area (Å²) in [6.45, 7) is 1.90. The van der Waals surface area contributed by atoms with Crippen LogP contribution in [0.3, 0.4) is 0 Å². The number of piperidine rings is 1. The van der Waals surface area contributed by atoms with Crippen LogP contribution in [-0.2, 0) is 9.53 Å². The zero-order chi connectivity index (χ0) is 15.3. The van der Waals surface area contributed by atoms with E-state index in [-0.39, 0.29) is 5.91 Å². The molecule has 114 valence electrons. The number of nitrogens with two attached hydrogens (primary N) is 1. The minimum absolute atomic E-state index is 0.125. The number of nitrogens with one attached hydrogen (secondary N) is 2. The fourth-order valence-corrected chi connectivity index (χ4v) is 2.68. The van der Waals surface area contributed by atoms with Crippen LogP contribution < -0.4 is 16.4 Å². The number of rotatable bonds is 5. The zero-order valence-corrected chi connectivity index (χ0v) is 12.1. The van der Waals surface area contributed by atoms with Gasteiger partial charge in [-0.05, 0) is 38.1 Å². The number of carbonyl (C=O) groups is 2. The van der Waals surface area contributed by atoms with Crippen molar-refractivity contribution in [1.82, 2.24) is 5.32 Å². The minimum atomic E-state index is -0.565. The molecule has 2 amide bonds. The molecule has 0 saturated carbocycles. The van der Waals surface area contributed by atoms with Gasteiger partial charge in [-0.2, -0.15) is 0 Å². The number of methoxy groups -OCH3 is 1. The van der Waals surface area contributed by atoms with E-state index in [2.05, 4.69) is 10.6 Å². The van der Waals surface area contributed by atoms with Crippen LogP contribution in [0.5, 0.6) is 0 Å². The summed E-state index contributed by atoms with van der Waals surface area (Å²) in [6.07, 6.45) is 1.40. The Hall–Kier alpha value is -1.92. The number of hydrogen-bond acceptors (Lipinski definition) is 4. The number of primary amides is 1. The van der Waals surface area contributed by atoms with Crippen molar-refractivity contribution in [2.75, 3.05) is 32.1 Å². The van der Waals surface area contributed by atoms with Crippen molar-refractivity contribution in [3.63, 3.8) is 0 Å². The fraction of sp³-hybridized carbons (Fsp3) is 0.467. The summed E-state index contributed by atoms with van der Waals surface area (Å²) >= 11 is 0. The topological polar surface area (TPSA) is 93.4 Å². The number of carbonyl (C=O) groups excluding carboxylic acids is 2. The number of anilines is 1. The Morgan fingerprint density at radius 2 is 2.00 bits per heavy atom. The number of amides is 2. The number of ether oxygens (including phenoxy) is 1. The van der Waals surface area contributed by atoms with Crippen molar-refractivity contribution in [3.05, 3.63) is 29.8 Å². The highest BCUT2D eigenvalue weighted by Gasteiger charge is 2.39. The first-order valence-electron chi connectivity index (χ1n) is 6.99. The lowest BCUT2D eigenvalue weighted by atomic mass is 9.78. The molecule has 1 aliphatic rings. The average Bonchev–Trinajstić information content (AvgIpc) is 2.49. The monoisotopic (exact) mass is 291 g/mol. The van der Waals surface area contributed by atoms with Gasteiger partial charge >= 0.3 is 0 Å². The van der Waals surface area contributed by atoms with E-state index >= 15 is 0 Å². The Morgan fingerprint density at radius 3 is 2.62 bits per heavy atom. The van der Waals surface area contributed by atoms with Crippen LogP contribution in [0, 0.1) is 5.41 Å². The molecule has 4 N–H and O–H groups in total. The molecule has 0 aliphatic carbocycles. The SMILES string of the molecule is COCC1(C(=O)Nc2ccccc2C(N)=O)CCNCC1. The van der Waals surface area contributed by atoms with Gasteiger partial charge in [0.2, 0.25) is 5.91 Å². The quantitative estimate of drug-likeness (QED) is 0.746. The van der Waals surface area contributed by atoms with Crippen LogP contribution in [-0.4, -0.2) is 38.6 Å². The maximum Gasteiger partial charge on any atom is 0.250 e. The first-order valence-corrected chi connectivity index (χ1v) is 6.99. The van der Waals surface area contributed by atoms with Gasteiger partial charge in [-0.1, -0.05) is 12.1 Å². The van der Waals surface area contributed by atoms with E-state index in [9.17, 15) is 9.59 Å². The van der Waals surface area contributed by atoms with Gasteiger partial charge in [0.15, 0.2) is 0 Å². The predicted octanol–water partition coefficient (Wildman–Crippen LogP) is 0.740. The molecule has 1 aromatic carbocycles. The Kier molecular flexibility index (Phi) is 4.93. The van der Waals surface area contributed by atoms with Crippen molar-refractivity contribution in [3.8, 4) is 0 Å². The number of benzene rings is 1. The van der Waals surface area contributed by atoms with E-state index < -0.39 is 11.3 Å². The second-order valence-corrected chi connectivity index (χ2v) is 5.33. The third kappa shape index (κ3) is 3.40. The molecule has 1 fully saturated rings. The zero-order valence-electron chi connectivity index (χ0n) is 12.1. The molecule has 0 atom stereocenters. The van der Waals surface area contributed by atoms with Gasteiger partial charge in [0.25, 0.3) is 5.91 Å². The van der Waals surface area contributed by atoms with Crippen molar-refractivity contribution < 1.29 is 14.3 Å². The fourth-order valence-electron chi connectivity index (χ4n) is 2.68. The highest BCUT2D eigenvalue weighted by Crippen LogP contribution is 2.31. The molecule has 21 heavy (non-hydrogen) atoms. The van der Waals surface area contributed by atoms with Gasteiger partial charge in [-0.15, -0.1) is 0 Å². The maximum atomic E-state index is 12.7. The highest BCUT2D eigenvalue weighted by atomic mass is 16.5. The van der Waals surface area contributed by atoms with E-state index in [4.69, 9.17) is 10.5 Å². The largest absolute Gasteiger partial charge is 0.384 e. The van der Waals surface area contributed by atoms with Crippen LogP contribution in [0.4, 0.5) is 5.69 Å². The van der Waals surface area contributed by atoms with E-state index in [1.54, 1.807) is 31.4 Å². The first-order chi connectivity index (χ1) is 10.1. The third-order valence-corrected chi connectivity index (χ3v) is 3.90. The molecule has 2 rings (SSSR count). The smallest absolute Gasteiger partial charge is 0.250 e. The Bertz CT molecular complexity index is 519. The molecule has 0 spiro atoms. The summed E-state index contributed by atoms with van der Waals surface area (Å²) < 4.78 is 5.24. The van der Waals surface area contributed by atoms with Crippen LogP contribution in [0.25, 0.3) is 0 Å². The number of para-hydroxylation sites is 1. The lowest BCUT2D eigenvalue weighted by Gasteiger charge is -2.35. The van der Waals surface area contributed by atoms with Gasteiger partial charge in [-0.3, -0.25) is 9.59 Å². The molecule has 0 bridgehead atoms. The van der Waals surface area contributed by atoms with Crippen LogP contribution in [0.2, 0.25) is 0 Å². The highest BCUT2D eigenvalue weighted by molar-refractivity contribution is 6.04. The van der Waals surface area contributed by atoms with E-state index in [1.807, 2.05) is 0 Å². The summed E-state index contributed by atoms with van der Waals surface area (Å²) in [5.41, 5.74) is 5.53. The van der Waals surface area contributed by atoms with Gasteiger partial charge in [0.1, 0.15) is 0 Å². The molecule has 0 radical (unpaired) electrons. The Labute approximate surface area is 124 Å². The second-order valence-electron chi connectivity index (χ2n) is 5.33. The molecule has 0 aromatic heterocycles. The summed E-state index contributed by atoms with van der Waals surface area (Å²) in [6, 6.07) is 6.75. The van der Waals surface area contributed by atoms with Crippen molar-refractivity contribution >= 4 is 17.5 Å². The lowest BCUT2D eigenvalue weighted by molar-refractivity contribution is -0.130. The molecule has 1 heterocycles. The van der Waals surface area contributed by atoms with E-state index in [0.29, 0.717) is 30.7 Å². The van der Waals surface area contributed by atoms with Crippen LogP contribution >= 0.6 is 0 Å². The van der Waals surface area contributed by atoms with Crippen LogP contribution in [0.15, 0.2) is 24.3 Å². The molecular weight excluding hydrogens is 270 g/mol. The van der Waals surface area contributed by atoms with Gasteiger partial charge in [-0.25, -0.2) is 0 Å². The normalized spacial score (nSPS) is 17.2. The molecule has 0 unspecified atom stereocenters. The first kappa shape index (κ1) is 15.5. The Balaban J connectivity index is 2.21. The standard InChI is InChI=1S/C15H21N3O3/c1-21-10-15(6-8-17-9-7-15)14(20)18-12-5-3-2-4-11(12)13(16)19/h2-5,17H,6-10H2,1H3,(H2,16,19)(H,18,20). The summed E-state index contributed by atoms with van der Waals surface area (Å²) in [5, 5.41) is 6.08. The third-order valence-electron chi connectivity index (χ3n) is 3.90. The summed E-state index contributed by atoms with van der Waals surface area (Å²) in [7, 11) is 1.59. The summed E-state index contributed by atoms with van der Waals surface area (Å²) in [5.74, 6) is -0.684. The van der Waals surface area contributed by atoms with Crippen molar-refractivity contribution in [2.24, 2.45) is 11.1 Å². The van der Waals surface area contributed by atoms with Crippen molar-refractivity contribution in [1.29, 1.82) is 0 Å². The van der Waals surface area contributed by atoms with Gasteiger partial charge in [0, 0.05) is 7.11 Å². The van der Waals surface area contributed by atoms with Gasteiger partial charge in [0.05, 0.1) is 23.3 Å². The second kappa shape index (κ2) is 6.69. The molecule has 6 heteroatoms. The average molecular weight is 291 g/mol. The summed E-state index contributed by atoms with van der Waals surface area (Å²) in [4.78, 5) is 24.1.